The van der Waals surface area contributed by atoms with Crippen LogP contribution in [0.1, 0.15) is 5.56 Å². The van der Waals surface area contributed by atoms with Crippen molar-refractivity contribution in [2.24, 2.45) is 0 Å². The van der Waals surface area contributed by atoms with Gasteiger partial charge in [0, 0.05) is 17.8 Å². The lowest BCUT2D eigenvalue weighted by Crippen LogP contribution is -2.00. The van der Waals surface area contributed by atoms with Crippen LogP contribution < -0.4 is 0 Å². The van der Waals surface area contributed by atoms with Crippen molar-refractivity contribution in [3.63, 3.8) is 0 Å². The molecule has 0 unspecified atom stereocenters. The quantitative estimate of drug-likeness (QED) is 0.845. The van der Waals surface area contributed by atoms with Crippen molar-refractivity contribution in [3.05, 3.63) is 47.4 Å². The second kappa shape index (κ2) is 4.80. The van der Waals surface area contributed by atoms with Crippen molar-refractivity contribution in [1.29, 1.82) is 0 Å². The molecule has 2 heterocycles. The second-order valence-corrected chi connectivity index (χ2v) is 3.63. The average Bonchev–Trinajstić information content (AvgIpc) is 2.73. The lowest BCUT2D eigenvalue weighted by atomic mass is 10.2. The van der Waals surface area contributed by atoms with Crippen LogP contribution in [-0.2, 0) is 4.79 Å². The Kier molecular flexibility index (Phi) is 3.20. The van der Waals surface area contributed by atoms with Crippen molar-refractivity contribution in [3.8, 4) is 5.82 Å². The number of hydrogen-bond acceptors (Lipinski definition) is 3. The number of aromatic nitrogens is 3. The molecule has 0 saturated heterocycles. The molecule has 0 aliphatic carbocycles. The zero-order valence-corrected chi connectivity index (χ0v) is 9.37. The summed E-state index contributed by atoms with van der Waals surface area (Å²) in [6.45, 7) is 0. The first-order valence-electron chi connectivity index (χ1n) is 4.73. The highest BCUT2D eigenvalue weighted by Gasteiger charge is 2.05. The van der Waals surface area contributed by atoms with Gasteiger partial charge in [-0.25, -0.2) is 14.5 Å². The molecule has 0 atom stereocenters. The van der Waals surface area contributed by atoms with Gasteiger partial charge in [0.2, 0.25) is 0 Å². The molecule has 1 N–H and O–H groups in total. The van der Waals surface area contributed by atoms with E-state index in [1.54, 1.807) is 24.5 Å². The molecule has 0 aliphatic rings. The third-order valence-electron chi connectivity index (χ3n) is 1.99. The monoisotopic (exact) mass is 249 g/mol. The maximum atomic E-state index is 10.5. The van der Waals surface area contributed by atoms with Gasteiger partial charge in [-0.3, -0.25) is 0 Å². The molecule has 0 saturated carbocycles. The SMILES string of the molecule is O=C(O)/C=C/c1cccnc1-n1cc(Cl)cn1. The van der Waals surface area contributed by atoms with Gasteiger partial charge in [-0.2, -0.15) is 5.10 Å². The Hall–Kier alpha value is -2.14. The van der Waals surface area contributed by atoms with E-state index in [9.17, 15) is 4.79 Å². The van der Waals surface area contributed by atoms with E-state index in [4.69, 9.17) is 16.7 Å². The summed E-state index contributed by atoms with van der Waals surface area (Å²) in [5.41, 5.74) is 0.648. The number of carboxylic acids is 1. The molecule has 2 aromatic rings. The molecule has 2 aromatic heterocycles. The van der Waals surface area contributed by atoms with E-state index >= 15 is 0 Å². The fourth-order valence-electron chi connectivity index (χ4n) is 1.31. The first-order valence-corrected chi connectivity index (χ1v) is 5.11. The van der Waals surface area contributed by atoms with E-state index in [0.717, 1.165) is 6.08 Å². The van der Waals surface area contributed by atoms with Gasteiger partial charge in [-0.15, -0.1) is 0 Å². The Bertz CT molecular complexity index is 578. The number of halogens is 1. The number of carbonyl (C=O) groups is 1. The minimum atomic E-state index is -1.02. The predicted molar refractivity (Wildman–Crippen MR) is 63.0 cm³/mol. The van der Waals surface area contributed by atoms with Gasteiger partial charge in [0.15, 0.2) is 5.82 Å². The van der Waals surface area contributed by atoms with E-state index in [0.29, 0.717) is 16.4 Å². The average molecular weight is 250 g/mol. The van der Waals surface area contributed by atoms with Gasteiger partial charge in [0.05, 0.1) is 17.4 Å². The first kappa shape index (κ1) is 11.3. The summed E-state index contributed by atoms with van der Waals surface area (Å²) in [5.74, 6) is -0.491. The van der Waals surface area contributed by atoms with Crippen LogP contribution >= 0.6 is 11.6 Å². The van der Waals surface area contributed by atoms with E-state index in [1.807, 2.05) is 0 Å². The molecule has 0 fully saturated rings. The third kappa shape index (κ3) is 2.70. The van der Waals surface area contributed by atoms with Gasteiger partial charge >= 0.3 is 5.97 Å². The molecule has 0 amide bonds. The van der Waals surface area contributed by atoms with Crippen LogP contribution in [0, 0.1) is 0 Å². The Balaban J connectivity index is 2.44. The lowest BCUT2D eigenvalue weighted by molar-refractivity contribution is -0.131. The Morgan fingerprint density at radius 1 is 1.53 bits per heavy atom. The van der Waals surface area contributed by atoms with Gasteiger partial charge in [-0.05, 0) is 18.2 Å². The predicted octanol–water partition coefficient (Wildman–Crippen LogP) is 2.02. The summed E-state index contributed by atoms with van der Waals surface area (Å²) in [6.07, 6.45) is 7.19. The molecule has 0 aromatic carbocycles. The number of pyridine rings is 1. The molecule has 86 valence electrons. The highest BCUT2D eigenvalue weighted by molar-refractivity contribution is 6.30. The zero-order chi connectivity index (χ0) is 12.3. The van der Waals surface area contributed by atoms with Gasteiger partial charge in [0.1, 0.15) is 0 Å². The Morgan fingerprint density at radius 3 is 3.00 bits per heavy atom. The fraction of sp³-hybridized carbons (Fsp3) is 0. The Labute approximate surface area is 102 Å². The second-order valence-electron chi connectivity index (χ2n) is 3.19. The number of aliphatic carboxylic acids is 1. The summed E-state index contributed by atoms with van der Waals surface area (Å²) >= 11 is 5.77. The van der Waals surface area contributed by atoms with Gasteiger partial charge in [0.25, 0.3) is 0 Å². The molecular weight excluding hydrogens is 242 g/mol. The van der Waals surface area contributed by atoms with Crippen molar-refractivity contribution in [2.75, 3.05) is 0 Å². The van der Waals surface area contributed by atoms with E-state index < -0.39 is 5.97 Å². The molecule has 0 aliphatic heterocycles. The number of rotatable bonds is 3. The standard InChI is InChI=1S/C11H8ClN3O2/c12-9-6-14-15(7-9)11-8(2-1-5-13-11)3-4-10(16)17/h1-7H,(H,16,17)/b4-3+. The fourth-order valence-corrected chi connectivity index (χ4v) is 1.44. The van der Waals surface area contributed by atoms with Crippen molar-refractivity contribution < 1.29 is 9.90 Å². The zero-order valence-electron chi connectivity index (χ0n) is 8.62. The normalized spacial score (nSPS) is 10.9. The third-order valence-corrected chi connectivity index (χ3v) is 2.19. The Morgan fingerprint density at radius 2 is 2.35 bits per heavy atom. The highest BCUT2D eigenvalue weighted by Crippen LogP contribution is 2.15. The number of carboxylic acid groups (broad SMARTS) is 1. The van der Waals surface area contributed by atoms with Crippen LogP contribution in [0.25, 0.3) is 11.9 Å². The van der Waals surface area contributed by atoms with Crippen LogP contribution in [-0.4, -0.2) is 25.8 Å². The molecule has 0 spiro atoms. The topological polar surface area (TPSA) is 68.0 Å². The van der Waals surface area contributed by atoms with Crippen LogP contribution in [0.15, 0.2) is 36.8 Å². The van der Waals surface area contributed by atoms with Crippen molar-refractivity contribution in [2.45, 2.75) is 0 Å². The highest BCUT2D eigenvalue weighted by atomic mass is 35.5. The van der Waals surface area contributed by atoms with Crippen LogP contribution in [0.2, 0.25) is 5.02 Å². The molecule has 2 rings (SSSR count). The molecule has 0 radical (unpaired) electrons. The van der Waals surface area contributed by atoms with Crippen LogP contribution in [0.5, 0.6) is 0 Å². The van der Waals surface area contributed by atoms with Gasteiger partial charge < -0.3 is 5.11 Å². The maximum Gasteiger partial charge on any atom is 0.328 e. The molecule has 0 bridgehead atoms. The molecule has 5 nitrogen and oxygen atoms in total. The first-order chi connectivity index (χ1) is 8.16. The largest absolute Gasteiger partial charge is 0.478 e. The molecule has 6 heteroatoms. The summed E-state index contributed by atoms with van der Waals surface area (Å²) in [4.78, 5) is 14.6. The molecular formula is C11H8ClN3O2. The minimum absolute atomic E-state index is 0.490. The number of nitrogens with zero attached hydrogens (tertiary/aromatic N) is 3. The summed E-state index contributed by atoms with van der Waals surface area (Å²) in [5, 5.41) is 13.1. The maximum absolute atomic E-state index is 10.5. The van der Waals surface area contributed by atoms with Crippen molar-refractivity contribution in [1.82, 2.24) is 14.8 Å². The van der Waals surface area contributed by atoms with E-state index in [2.05, 4.69) is 10.1 Å². The van der Waals surface area contributed by atoms with E-state index in [-0.39, 0.29) is 0 Å². The summed E-state index contributed by atoms with van der Waals surface area (Å²) in [7, 11) is 0. The number of hydrogen-bond donors (Lipinski definition) is 1. The lowest BCUT2D eigenvalue weighted by Gasteiger charge is -2.03. The minimum Gasteiger partial charge on any atom is -0.478 e. The van der Waals surface area contributed by atoms with E-state index in [1.165, 1.54) is 17.0 Å². The van der Waals surface area contributed by atoms with Crippen LogP contribution in [0.3, 0.4) is 0 Å². The van der Waals surface area contributed by atoms with Crippen LogP contribution in [0.4, 0.5) is 0 Å². The summed E-state index contributed by atoms with van der Waals surface area (Å²) in [6, 6.07) is 3.47. The molecule has 17 heavy (non-hydrogen) atoms. The van der Waals surface area contributed by atoms with Gasteiger partial charge in [-0.1, -0.05) is 11.6 Å². The van der Waals surface area contributed by atoms with Crippen molar-refractivity contribution >= 4 is 23.6 Å². The smallest absolute Gasteiger partial charge is 0.328 e. The summed E-state index contributed by atoms with van der Waals surface area (Å²) < 4.78 is 1.49.